The summed E-state index contributed by atoms with van der Waals surface area (Å²) in [4.78, 5) is 0. The third-order valence-electron chi connectivity index (χ3n) is 1.44. The molecule has 0 amide bonds. The molecule has 0 aromatic heterocycles. The normalized spacial score (nSPS) is 13.1. The van der Waals surface area contributed by atoms with Gasteiger partial charge in [-0.1, -0.05) is 11.8 Å². The molecular formula is C9H7F6O4P. The third-order valence-corrected chi connectivity index (χ3v) is 2.80. The Hall–Kier alpha value is -1.19. The van der Waals surface area contributed by atoms with Crippen LogP contribution in [-0.2, 0) is 18.1 Å². The summed E-state index contributed by atoms with van der Waals surface area (Å²) in [5, 5.41) is 0. The lowest BCUT2D eigenvalue weighted by atomic mass is 10.3. The number of rotatable bonds is 6. The zero-order valence-corrected chi connectivity index (χ0v) is 10.4. The van der Waals surface area contributed by atoms with Crippen LogP contribution in [0.4, 0.5) is 26.3 Å². The predicted octanol–water partition coefficient (Wildman–Crippen LogP) is 2.90. The summed E-state index contributed by atoms with van der Waals surface area (Å²) in [6.07, 6.45) is -6.78. The van der Waals surface area contributed by atoms with Gasteiger partial charge in [0.2, 0.25) is 0 Å². The van der Waals surface area contributed by atoms with Crippen molar-refractivity contribution >= 4 is 7.82 Å². The molecule has 0 saturated heterocycles. The Labute approximate surface area is 110 Å². The molecule has 0 rings (SSSR count). The van der Waals surface area contributed by atoms with Gasteiger partial charge >= 0.3 is 20.2 Å². The van der Waals surface area contributed by atoms with Crippen LogP contribution >= 0.6 is 7.82 Å². The van der Waals surface area contributed by atoms with Gasteiger partial charge in [-0.15, -0.1) is 12.8 Å². The molecule has 20 heavy (non-hydrogen) atoms. The van der Waals surface area contributed by atoms with Gasteiger partial charge in [0, 0.05) is 0 Å². The van der Waals surface area contributed by atoms with E-state index in [1.807, 2.05) is 0 Å². The molecule has 0 heterocycles. The molecule has 0 bridgehead atoms. The summed E-state index contributed by atoms with van der Waals surface area (Å²) in [6.45, 7) is -1.80. The molecule has 0 unspecified atom stereocenters. The van der Waals surface area contributed by atoms with E-state index in [1.54, 1.807) is 11.8 Å². The number of phosphoric acid groups is 1. The molecular weight excluding hydrogens is 317 g/mol. The Morgan fingerprint density at radius 3 is 1.55 bits per heavy atom. The van der Waals surface area contributed by atoms with Crippen LogP contribution in [0, 0.1) is 24.7 Å². The van der Waals surface area contributed by atoms with E-state index in [0.717, 1.165) is 0 Å². The summed E-state index contributed by atoms with van der Waals surface area (Å²) in [5.41, 5.74) is 0. The Morgan fingerprint density at radius 2 is 1.30 bits per heavy atom. The lowest BCUT2D eigenvalue weighted by molar-refractivity contribution is -0.303. The minimum Gasteiger partial charge on any atom is -0.274 e. The first-order valence-corrected chi connectivity index (χ1v) is 6.00. The lowest BCUT2D eigenvalue weighted by Gasteiger charge is -2.26. The Morgan fingerprint density at radius 1 is 0.950 bits per heavy atom. The lowest BCUT2D eigenvalue weighted by Crippen LogP contribution is -2.43. The number of terminal acetylenes is 2. The van der Waals surface area contributed by atoms with Gasteiger partial charge in [0.05, 0.1) is 0 Å². The van der Waals surface area contributed by atoms with Gasteiger partial charge < -0.3 is 0 Å². The van der Waals surface area contributed by atoms with Crippen LogP contribution in [0.3, 0.4) is 0 Å². The summed E-state index contributed by atoms with van der Waals surface area (Å²) in [7, 11) is -5.23. The van der Waals surface area contributed by atoms with Gasteiger partial charge in [-0.05, 0) is 0 Å². The molecule has 0 aromatic carbocycles. The molecule has 11 heteroatoms. The summed E-state index contributed by atoms with van der Waals surface area (Å²) >= 11 is 0. The van der Waals surface area contributed by atoms with Crippen LogP contribution in [0.25, 0.3) is 0 Å². The molecule has 114 valence electrons. The number of hydrogen-bond donors (Lipinski definition) is 0. The zero-order chi connectivity index (χ0) is 16.0. The van der Waals surface area contributed by atoms with E-state index in [2.05, 4.69) is 26.4 Å². The second-order valence-corrected chi connectivity index (χ2v) is 4.59. The highest BCUT2D eigenvalue weighted by Gasteiger charge is 2.61. The average molecular weight is 324 g/mol. The number of phosphoric ester groups is 1. The Kier molecular flexibility index (Phi) is 6.59. The minimum absolute atomic E-state index is 0.899. The Balaban J connectivity index is 5.25. The smallest absolute Gasteiger partial charge is 0.274 e. The van der Waals surface area contributed by atoms with Crippen molar-refractivity contribution < 1.29 is 44.5 Å². The van der Waals surface area contributed by atoms with Crippen molar-refractivity contribution in [2.45, 2.75) is 18.5 Å². The molecule has 0 fully saturated rings. The quantitative estimate of drug-likeness (QED) is 0.428. The first-order chi connectivity index (χ1) is 8.96. The van der Waals surface area contributed by atoms with Crippen LogP contribution in [0.5, 0.6) is 0 Å². The highest BCUT2D eigenvalue weighted by atomic mass is 31.2. The standard InChI is InChI=1S/C9H7F6O4P/c1-3-5-17-20(16,18-6-4-2)19-7(8(10,11)12)9(13,14)15/h1-2,7H,5-6H2. The molecule has 0 atom stereocenters. The van der Waals surface area contributed by atoms with Crippen molar-refractivity contribution in [3.63, 3.8) is 0 Å². The van der Waals surface area contributed by atoms with Crippen molar-refractivity contribution in [3.05, 3.63) is 0 Å². The van der Waals surface area contributed by atoms with Gasteiger partial charge in [-0.2, -0.15) is 26.3 Å². The maximum Gasteiger partial charge on any atom is 0.477 e. The molecule has 0 saturated carbocycles. The Bertz CT molecular complexity index is 407. The van der Waals surface area contributed by atoms with Gasteiger partial charge in [0.1, 0.15) is 13.2 Å². The van der Waals surface area contributed by atoms with E-state index in [1.165, 1.54) is 0 Å². The topological polar surface area (TPSA) is 44.8 Å². The fourth-order valence-electron chi connectivity index (χ4n) is 0.765. The first kappa shape index (κ1) is 18.8. The first-order valence-electron chi connectivity index (χ1n) is 4.54. The van der Waals surface area contributed by atoms with Crippen molar-refractivity contribution in [1.29, 1.82) is 0 Å². The monoisotopic (exact) mass is 324 g/mol. The summed E-state index contributed by atoms with van der Waals surface area (Å²) < 4.78 is 96.6. The van der Waals surface area contributed by atoms with Gasteiger partial charge in [0.15, 0.2) is 0 Å². The highest BCUT2D eigenvalue weighted by Crippen LogP contribution is 2.54. The molecule has 0 aliphatic carbocycles. The maximum absolute atomic E-state index is 12.2. The van der Waals surface area contributed by atoms with Crippen LogP contribution in [-0.4, -0.2) is 31.7 Å². The van der Waals surface area contributed by atoms with Crippen LogP contribution < -0.4 is 0 Å². The molecule has 0 spiro atoms. The highest BCUT2D eigenvalue weighted by molar-refractivity contribution is 7.48. The molecule has 0 aliphatic heterocycles. The van der Waals surface area contributed by atoms with E-state index >= 15 is 0 Å². The predicted molar refractivity (Wildman–Crippen MR) is 54.2 cm³/mol. The van der Waals surface area contributed by atoms with Crippen molar-refractivity contribution in [2.75, 3.05) is 13.2 Å². The fourth-order valence-corrected chi connectivity index (χ4v) is 1.92. The fraction of sp³-hybridized carbons (Fsp3) is 0.556. The van der Waals surface area contributed by atoms with Crippen LogP contribution in [0.15, 0.2) is 0 Å². The average Bonchev–Trinajstić information content (AvgIpc) is 2.28. The van der Waals surface area contributed by atoms with E-state index in [9.17, 15) is 30.9 Å². The van der Waals surface area contributed by atoms with Gasteiger partial charge in [-0.25, -0.2) is 4.57 Å². The van der Waals surface area contributed by atoms with Crippen molar-refractivity contribution in [1.82, 2.24) is 0 Å². The molecule has 4 nitrogen and oxygen atoms in total. The SMILES string of the molecule is C#CCOP(=O)(OCC#C)OC(C(F)(F)F)C(F)(F)F. The molecule has 0 N–H and O–H groups in total. The van der Waals surface area contributed by atoms with Crippen LogP contribution in [0.1, 0.15) is 0 Å². The molecule has 0 aromatic rings. The van der Waals surface area contributed by atoms with E-state index in [-0.39, 0.29) is 0 Å². The second kappa shape index (κ2) is 7.00. The minimum atomic E-state index is -5.88. The number of halogens is 6. The maximum atomic E-state index is 12.2. The van der Waals surface area contributed by atoms with Gasteiger partial charge in [0.25, 0.3) is 6.10 Å². The van der Waals surface area contributed by atoms with E-state index < -0.39 is 39.5 Å². The molecule has 0 aliphatic rings. The number of hydrogen-bond acceptors (Lipinski definition) is 4. The zero-order valence-electron chi connectivity index (χ0n) is 9.49. The van der Waals surface area contributed by atoms with Gasteiger partial charge in [-0.3, -0.25) is 13.6 Å². The van der Waals surface area contributed by atoms with Crippen LogP contribution in [0.2, 0.25) is 0 Å². The van der Waals surface area contributed by atoms with E-state index in [4.69, 9.17) is 0 Å². The van der Waals surface area contributed by atoms with E-state index in [0.29, 0.717) is 0 Å². The largest absolute Gasteiger partial charge is 0.477 e. The summed E-state index contributed by atoms with van der Waals surface area (Å²) in [5.74, 6) is 3.36. The number of alkyl halides is 6. The second-order valence-electron chi connectivity index (χ2n) is 2.97. The molecule has 0 radical (unpaired) electrons. The summed E-state index contributed by atoms with van der Waals surface area (Å²) in [6, 6.07) is 0. The third kappa shape index (κ3) is 6.31. The van der Waals surface area contributed by atoms with Crippen molar-refractivity contribution in [2.24, 2.45) is 0 Å². The van der Waals surface area contributed by atoms with Crippen molar-refractivity contribution in [3.8, 4) is 24.7 Å².